The normalized spacial score (nSPS) is 12.8. The van der Waals surface area contributed by atoms with E-state index in [1.807, 2.05) is 0 Å². The fraction of sp³-hybridized carbons (Fsp3) is 0.211. The van der Waals surface area contributed by atoms with Gasteiger partial charge in [-0.15, -0.1) is 0 Å². The highest BCUT2D eigenvalue weighted by Crippen LogP contribution is 2.38. The molecule has 0 fully saturated rings. The average Bonchev–Trinajstić information content (AvgIpc) is 2.89. The predicted octanol–water partition coefficient (Wildman–Crippen LogP) is 5.09. The Bertz CT molecular complexity index is 1340. The third-order valence-corrected chi connectivity index (χ3v) is 7.02. The van der Waals surface area contributed by atoms with Crippen molar-refractivity contribution in [3.63, 3.8) is 0 Å². The number of rotatable bonds is 4. The van der Waals surface area contributed by atoms with E-state index >= 15 is 0 Å². The summed E-state index contributed by atoms with van der Waals surface area (Å²) in [5, 5.41) is 0. The minimum Gasteiger partial charge on any atom is -0.284 e. The van der Waals surface area contributed by atoms with Crippen molar-refractivity contribution in [3.8, 4) is 5.69 Å². The predicted molar refractivity (Wildman–Crippen MR) is 111 cm³/mol. The van der Waals surface area contributed by atoms with Gasteiger partial charge in [0.05, 0.1) is 33.1 Å². The van der Waals surface area contributed by atoms with E-state index in [4.69, 9.17) is 0 Å². The molecule has 0 aliphatic heterocycles. The Morgan fingerprint density at radius 2 is 1.39 bits per heavy atom. The van der Waals surface area contributed by atoms with Gasteiger partial charge >= 0.3 is 12.4 Å². The SMILES string of the molecule is Cc1c(Br)c(=O)n(-c2ccc(S(=O)(=O)Nc3cc(C(F)(F)F)cc(C(F)(F)F)c3)cc2)n1C. The molecule has 2 aromatic carbocycles. The van der Waals surface area contributed by atoms with E-state index in [0.29, 0.717) is 10.2 Å². The van der Waals surface area contributed by atoms with Crippen LogP contribution in [0.25, 0.3) is 5.69 Å². The second-order valence-electron chi connectivity index (χ2n) is 6.93. The first-order valence-electron chi connectivity index (χ1n) is 8.89. The lowest BCUT2D eigenvalue weighted by molar-refractivity contribution is -0.143. The van der Waals surface area contributed by atoms with Gasteiger partial charge in [0.2, 0.25) is 0 Å². The molecule has 0 radical (unpaired) electrons. The molecule has 6 nitrogen and oxygen atoms in total. The van der Waals surface area contributed by atoms with Crippen molar-refractivity contribution in [1.82, 2.24) is 9.36 Å². The maximum absolute atomic E-state index is 13.0. The third kappa shape index (κ3) is 4.95. The number of sulfonamides is 1. The lowest BCUT2D eigenvalue weighted by Crippen LogP contribution is -2.20. The van der Waals surface area contributed by atoms with Crippen molar-refractivity contribution >= 4 is 31.6 Å². The summed E-state index contributed by atoms with van der Waals surface area (Å²) in [7, 11) is -2.95. The molecule has 0 aliphatic carbocycles. The van der Waals surface area contributed by atoms with Crippen LogP contribution in [0.3, 0.4) is 0 Å². The van der Waals surface area contributed by atoms with Crippen LogP contribution in [0.2, 0.25) is 0 Å². The zero-order valence-corrected chi connectivity index (χ0v) is 19.1. The smallest absolute Gasteiger partial charge is 0.284 e. The standard InChI is InChI=1S/C19H14BrF6N3O3S/c1-10-16(20)17(30)29(28(10)2)14-3-5-15(6-4-14)33(31,32)27-13-8-11(18(21,22)23)7-12(9-13)19(24,25)26/h3-9,27H,1-2H3. The summed E-state index contributed by atoms with van der Waals surface area (Å²) >= 11 is 3.15. The molecule has 0 aliphatic rings. The molecule has 3 rings (SSSR count). The molecule has 0 saturated carbocycles. The minimum absolute atomic E-state index is 0.107. The molecule has 0 spiro atoms. The highest BCUT2D eigenvalue weighted by atomic mass is 79.9. The molecule has 178 valence electrons. The highest BCUT2D eigenvalue weighted by molar-refractivity contribution is 9.10. The Kier molecular flexibility index (Phi) is 6.21. The van der Waals surface area contributed by atoms with Crippen molar-refractivity contribution in [3.05, 3.63) is 74.1 Å². The van der Waals surface area contributed by atoms with Gasteiger partial charge in [-0.3, -0.25) is 14.2 Å². The van der Waals surface area contributed by atoms with Crippen LogP contribution in [-0.2, 0) is 29.4 Å². The van der Waals surface area contributed by atoms with E-state index < -0.39 is 49.6 Å². The first kappa shape index (κ1) is 24.9. The summed E-state index contributed by atoms with van der Waals surface area (Å²) in [6, 6.07) is 5.11. The van der Waals surface area contributed by atoms with E-state index in [1.54, 1.807) is 18.7 Å². The Balaban J connectivity index is 1.99. The number of halogens is 7. The largest absolute Gasteiger partial charge is 0.416 e. The molecule has 1 aromatic heterocycles. The molecular weight excluding hydrogens is 544 g/mol. The van der Waals surface area contributed by atoms with Crippen LogP contribution in [0.4, 0.5) is 32.0 Å². The number of anilines is 1. The fourth-order valence-electron chi connectivity index (χ4n) is 2.96. The molecule has 0 bridgehead atoms. The van der Waals surface area contributed by atoms with E-state index in [9.17, 15) is 39.6 Å². The van der Waals surface area contributed by atoms with Gasteiger partial charge in [-0.2, -0.15) is 26.3 Å². The molecule has 0 atom stereocenters. The van der Waals surface area contributed by atoms with Gasteiger partial charge in [-0.1, -0.05) is 0 Å². The van der Waals surface area contributed by atoms with Gasteiger partial charge in [0.1, 0.15) is 4.47 Å². The van der Waals surface area contributed by atoms with Gasteiger partial charge in [-0.25, -0.2) is 13.1 Å². The number of nitrogens with zero attached hydrogens (tertiary/aromatic N) is 2. The molecule has 14 heteroatoms. The molecular formula is C19H14BrF6N3O3S. The lowest BCUT2D eigenvalue weighted by atomic mass is 10.1. The van der Waals surface area contributed by atoms with Crippen molar-refractivity contribution in [2.24, 2.45) is 7.05 Å². The van der Waals surface area contributed by atoms with Gasteiger partial charge in [0, 0.05) is 7.05 Å². The summed E-state index contributed by atoms with van der Waals surface area (Å²) in [4.78, 5) is 11.9. The maximum atomic E-state index is 13.0. The van der Waals surface area contributed by atoms with E-state index in [2.05, 4.69) is 15.9 Å². The van der Waals surface area contributed by atoms with Crippen LogP contribution in [0.15, 0.2) is 56.6 Å². The maximum Gasteiger partial charge on any atom is 0.416 e. The highest BCUT2D eigenvalue weighted by Gasteiger charge is 2.37. The van der Waals surface area contributed by atoms with Gasteiger partial charge in [-0.05, 0) is 65.3 Å². The van der Waals surface area contributed by atoms with Crippen LogP contribution in [-0.4, -0.2) is 17.8 Å². The first-order valence-corrected chi connectivity index (χ1v) is 11.2. The van der Waals surface area contributed by atoms with Gasteiger partial charge in [0.25, 0.3) is 15.6 Å². The van der Waals surface area contributed by atoms with Crippen LogP contribution in [0, 0.1) is 6.92 Å². The monoisotopic (exact) mass is 557 g/mol. The minimum atomic E-state index is -5.13. The molecule has 0 amide bonds. The van der Waals surface area contributed by atoms with E-state index in [-0.39, 0.29) is 23.9 Å². The average molecular weight is 558 g/mol. The summed E-state index contributed by atoms with van der Waals surface area (Å²) < 4.78 is 108. The Morgan fingerprint density at radius 1 is 0.909 bits per heavy atom. The molecule has 1 heterocycles. The molecule has 1 N–H and O–H groups in total. The lowest BCUT2D eigenvalue weighted by Gasteiger charge is -2.15. The zero-order valence-electron chi connectivity index (χ0n) is 16.7. The third-order valence-electron chi connectivity index (χ3n) is 4.71. The van der Waals surface area contributed by atoms with Crippen molar-refractivity contribution in [2.75, 3.05) is 4.72 Å². The quantitative estimate of drug-likeness (QED) is 0.454. The summed E-state index contributed by atoms with van der Waals surface area (Å²) in [6.07, 6.45) is -10.3. The van der Waals surface area contributed by atoms with Gasteiger partial charge in [0.15, 0.2) is 0 Å². The second-order valence-corrected chi connectivity index (χ2v) is 9.41. The first-order chi connectivity index (χ1) is 15.0. The van der Waals surface area contributed by atoms with Crippen molar-refractivity contribution in [2.45, 2.75) is 24.2 Å². The Labute approximate surface area is 191 Å². The number of hydrogen-bond acceptors (Lipinski definition) is 3. The fourth-order valence-corrected chi connectivity index (χ4v) is 4.43. The van der Waals surface area contributed by atoms with Gasteiger partial charge < -0.3 is 0 Å². The van der Waals surface area contributed by atoms with Crippen molar-refractivity contribution in [1.29, 1.82) is 0 Å². The van der Waals surface area contributed by atoms with Crippen LogP contribution in [0.5, 0.6) is 0 Å². The van der Waals surface area contributed by atoms with Crippen molar-refractivity contribution < 1.29 is 34.8 Å². The molecule has 3 aromatic rings. The number of hydrogen-bond donors (Lipinski definition) is 1. The summed E-state index contributed by atoms with van der Waals surface area (Å²) in [6.45, 7) is 1.68. The zero-order chi connectivity index (χ0) is 24.9. The summed E-state index contributed by atoms with van der Waals surface area (Å²) in [5.41, 5.74) is -3.74. The van der Waals surface area contributed by atoms with E-state index in [0.717, 1.165) is 12.1 Å². The Hall–Kier alpha value is -2.74. The Morgan fingerprint density at radius 3 is 1.79 bits per heavy atom. The topological polar surface area (TPSA) is 73.1 Å². The second kappa shape index (κ2) is 8.24. The van der Waals surface area contributed by atoms with Crippen LogP contribution >= 0.6 is 15.9 Å². The van der Waals surface area contributed by atoms with Crippen LogP contribution < -0.4 is 10.3 Å². The number of aromatic nitrogens is 2. The van der Waals surface area contributed by atoms with Crippen LogP contribution in [0.1, 0.15) is 16.8 Å². The molecule has 0 unspecified atom stereocenters. The number of benzene rings is 2. The summed E-state index contributed by atoms with van der Waals surface area (Å²) in [5.74, 6) is 0. The number of alkyl halides is 6. The molecule has 0 saturated heterocycles. The van der Waals surface area contributed by atoms with E-state index in [1.165, 1.54) is 21.5 Å². The number of nitrogens with one attached hydrogen (secondary N) is 1. The molecule has 33 heavy (non-hydrogen) atoms.